The van der Waals surface area contributed by atoms with Crippen molar-refractivity contribution in [2.24, 2.45) is 5.92 Å². The number of hydrogen-bond donors (Lipinski definition) is 2. The van der Waals surface area contributed by atoms with Gasteiger partial charge in [-0.15, -0.1) is 0 Å². The van der Waals surface area contributed by atoms with Crippen LogP contribution in [0.15, 0.2) is 30.3 Å². The lowest BCUT2D eigenvalue weighted by Crippen LogP contribution is -2.36. The molecule has 3 rings (SSSR count). The van der Waals surface area contributed by atoms with E-state index in [1.807, 2.05) is 44.2 Å². The number of benzene rings is 1. The summed E-state index contributed by atoms with van der Waals surface area (Å²) < 4.78 is 0. The zero-order valence-electron chi connectivity index (χ0n) is 14.0. The monoisotopic (exact) mass is 326 g/mol. The first-order valence-corrected chi connectivity index (χ1v) is 8.18. The molecule has 0 amide bonds. The molecule has 2 aromatic rings. The molecule has 126 valence electrons. The third kappa shape index (κ3) is 3.82. The fourth-order valence-electron chi connectivity index (χ4n) is 2.98. The standard InChI is InChI=1S/C18H22N4O2/c1-12-4-3-5-15(10-12)20-18-19-13(2)11-16(21-18)22-8-6-14(7-9-22)17(23)24/h3-5,10-11,14H,6-9H2,1-2H3,(H,23,24)(H,19,20,21). The molecule has 2 N–H and O–H groups in total. The van der Waals surface area contributed by atoms with Crippen molar-refractivity contribution in [1.29, 1.82) is 0 Å². The van der Waals surface area contributed by atoms with Crippen molar-refractivity contribution in [3.05, 3.63) is 41.6 Å². The molecular formula is C18H22N4O2. The Morgan fingerprint density at radius 3 is 2.62 bits per heavy atom. The summed E-state index contributed by atoms with van der Waals surface area (Å²) in [6, 6.07) is 10.0. The summed E-state index contributed by atoms with van der Waals surface area (Å²) in [6.45, 7) is 5.39. The zero-order valence-corrected chi connectivity index (χ0v) is 14.0. The van der Waals surface area contributed by atoms with Gasteiger partial charge >= 0.3 is 5.97 Å². The van der Waals surface area contributed by atoms with Crippen LogP contribution >= 0.6 is 0 Å². The van der Waals surface area contributed by atoms with E-state index in [4.69, 9.17) is 5.11 Å². The highest BCUT2D eigenvalue weighted by atomic mass is 16.4. The first kappa shape index (κ1) is 16.2. The van der Waals surface area contributed by atoms with Crippen LogP contribution < -0.4 is 10.2 Å². The number of aliphatic carboxylic acids is 1. The molecule has 2 heterocycles. The van der Waals surface area contributed by atoms with Crippen LogP contribution in [-0.2, 0) is 4.79 Å². The van der Waals surface area contributed by atoms with Crippen LogP contribution in [0.25, 0.3) is 0 Å². The number of aromatic nitrogens is 2. The molecule has 0 saturated carbocycles. The second-order valence-corrected chi connectivity index (χ2v) is 6.29. The van der Waals surface area contributed by atoms with Crippen molar-refractivity contribution in [3.63, 3.8) is 0 Å². The van der Waals surface area contributed by atoms with Crippen LogP contribution in [0.5, 0.6) is 0 Å². The number of nitrogens with zero attached hydrogens (tertiary/aromatic N) is 3. The van der Waals surface area contributed by atoms with Crippen molar-refractivity contribution in [2.45, 2.75) is 26.7 Å². The number of nitrogens with one attached hydrogen (secondary N) is 1. The van der Waals surface area contributed by atoms with Gasteiger partial charge in [0.15, 0.2) is 0 Å². The van der Waals surface area contributed by atoms with E-state index < -0.39 is 5.97 Å². The van der Waals surface area contributed by atoms with Crippen molar-refractivity contribution in [3.8, 4) is 0 Å². The van der Waals surface area contributed by atoms with Gasteiger partial charge in [0.2, 0.25) is 5.95 Å². The van der Waals surface area contributed by atoms with Gasteiger partial charge < -0.3 is 15.3 Å². The molecule has 0 spiro atoms. The Bertz CT molecular complexity index is 740. The molecule has 1 aromatic carbocycles. The van der Waals surface area contributed by atoms with Crippen molar-refractivity contribution < 1.29 is 9.90 Å². The average molecular weight is 326 g/mol. The molecule has 1 aliphatic rings. The normalized spacial score (nSPS) is 15.3. The lowest BCUT2D eigenvalue weighted by Gasteiger charge is -2.31. The molecule has 1 saturated heterocycles. The molecule has 0 aliphatic carbocycles. The van der Waals surface area contributed by atoms with E-state index in [9.17, 15) is 4.79 Å². The van der Waals surface area contributed by atoms with Gasteiger partial charge in [-0.05, 0) is 44.4 Å². The predicted molar refractivity (Wildman–Crippen MR) is 93.8 cm³/mol. The Labute approximate surface area is 141 Å². The van der Waals surface area contributed by atoms with Gasteiger partial charge in [0.25, 0.3) is 0 Å². The summed E-state index contributed by atoms with van der Waals surface area (Å²) in [7, 11) is 0. The van der Waals surface area contributed by atoms with E-state index in [0.29, 0.717) is 31.9 Å². The van der Waals surface area contributed by atoms with E-state index in [-0.39, 0.29) is 5.92 Å². The number of carboxylic acids is 1. The van der Waals surface area contributed by atoms with E-state index in [1.54, 1.807) is 0 Å². The van der Waals surface area contributed by atoms with Gasteiger partial charge in [0, 0.05) is 30.5 Å². The van der Waals surface area contributed by atoms with E-state index >= 15 is 0 Å². The minimum Gasteiger partial charge on any atom is -0.481 e. The molecule has 1 aromatic heterocycles. The van der Waals surface area contributed by atoms with Crippen LogP contribution in [0.4, 0.5) is 17.5 Å². The summed E-state index contributed by atoms with van der Waals surface area (Å²) in [5, 5.41) is 12.4. The van der Waals surface area contributed by atoms with Crippen molar-refractivity contribution in [2.75, 3.05) is 23.3 Å². The maximum atomic E-state index is 11.1. The van der Waals surface area contributed by atoms with Crippen molar-refractivity contribution in [1.82, 2.24) is 9.97 Å². The summed E-state index contributed by atoms with van der Waals surface area (Å²) in [5.41, 5.74) is 3.01. The average Bonchev–Trinajstić information content (AvgIpc) is 2.54. The Hall–Kier alpha value is -2.63. The van der Waals surface area contributed by atoms with Gasteiger partial charge in [-0.25, -0.2) is 4.98 Å². The molecule has 0 atom stereocenters. The molecule has 1 fully saturated rings. The molecule has 0 unspecified atom stereocenters. The second kappa shape index (κ2) is 6.86. The van der Waals surface area contributed by atoms with Gasteiger partial charge in [0.1, 0.15) is 5.82 Å². The topological polar surface area (TPSA) is 78.4 Å². The Balaban J connectivity index is 1.76. The van der Waals surface area contributed by atoms with Crippen LogP contribution in [0, 0.1) is 19.8 Å². The summed E-state index contributed by atoms with van der Waals surface area (Å²) in [5.74, 6) is 0.474. The van der Waals surface area contributed by atoms with Crippen molar-refractivity contribution >= 4 is 23.4 Å². The highest BCUT2D eigenvalue weighted by Gasteiger charge is 2.25. The smallest absolute Gasteiger partial charge is 0.306 e. The molecule has 6 nitrogen and oxygen atoms in total. The highest BCUT2D eigenvalue weighted by Crippen LogP contribution is 2.24. The van der Waals surface area contributed by atoms with Gasteiger partial charge in [-0.3, -0.25) is 4.79 Å². The summed E-state index contributed by atoms with van der Waals surface area (Å²) >= 11 is 0. The molecule has 6 heteroatoms. The first-order chi connectivity index (χ1) is 11.5. The summed E-state index contributed by atoms with van der Waals surface area (Å²) in [6.07, 6.45) is 1.30. The third-order valence-corrected chi connectivity index (χ3v) is 4.28. The van der Waals surface area contributed by atoms with E-state index in [1.165, 1.54) is 5.56 Å². The van der Waals surface area contributed by atoms with Gasteiger partial charge in [-0.2, -0.15) is 4.98 Å². The van der Waals surface area contributed by atoms with E-state index in [0.717, 1.165) is 17.2 Å². The zero-order chi connectivity index (χ0) is 17.1. The minimum atomic E-state index is -0.699. The Morgan fingerprint density at radius 1 is 1.21 bits per heavy atom. The number of rotatable bonds is 4. The number of hydrogen-bond acceptors (Lipinski definition) is 5. The largest absolute Gasteiger partial charge is 0.481 e. The second-order valence-electron chi connectivity index (χ2n) is 6.29. The maximum absolute atomic E-state index is 11.1. The lowest BCUT2D eigenvalue weighted by molar-refractivity contribution is -0.142. The minimum absolute atomic E-state index is 0.242. The lowest BCUT2D eigenvalue weighted by atomic mass is 9.97. The van der Waals surface area contributed by atoms with Crippen LogP contribution in [0.2, 0.25) is 0 Å². The van der Waals surface area contributed by atoms with Gasteiger partial charge in [0.05, 0.1) is 5.92 Å². The number of anilines is 3. The van der Waals surface area contributed by atoms with Crippen LogP contribution in [0.3, 0.4) is 0 Å². The number of carboxylic acid groups (broad SMARTS) is 1. The third-order valence-electron chi connectivity index (χ3n) is 4.28. The fraction of sp³-hybridized carbons (Fsp3) is 0.389. The van der Waals surface area contributed by atoms with Crippen LogP contribution in [-0.4, -0.2) is 34.1 Å². The predicted octanol–water partition coefficient (Wildman–Crippen LogP) is 3.14. The molecular weight excluding hydrogens is 304 g/mol. The first-order valence-electron chi connectivity index (χ1n) is 8.18. The quantitative estimate of drug-likeness (QED) is 0.899. The maximum Gasteiger partial charge on any atom is 0.306 e. The molecule has 0 radical (unpaired) electrons. The number of carbonyl (C=O) groups is 1. The molecule has 24 heavy (non-hydrogen) atoms. The fourth-order valence-corrected chi connectivity index (χ4v) is 2.98. The van der Waals surface area contributed by atoms with Crippen LogP contribution in [0.1, 0.15) is 24.1 Å². The molecule has 1 aliphatic heterocycles. The van der Waals surface area contributed by atoms with Gasteiger partial charge in [-0.1, -0.05) is 12.1 Å². The SMILES string of the molecule is Cc1cccc(Nc2nc(C)cc(N3CCC(C(=O)O)CC3)n2)c1. The highest BCUT2D eigenvalue weighted by molar-refractivity contribution is 5.70. The number of aryl methyl sites for hydroxylation is 2. The number of piperidine rings is 1. The molecule has 0 bridgehead atoms. The Morgan fingerprint density at radius 2 is 1.96 bits per heavy atom. The summed E-state index contributed by atoms with van der Waals surface area (Å²) in [4.78, 5) is 22.3. The van der Waals surface area contributed by atoms with E-state index in [2.05, 4.69) is 20.2 Å². The Kier molecular flexibility index (Phi) is 4.64.